The van der Waals surface area contributed by atoms with Gasteiger partial charge in [0.2, 0.25) is 10.0 Å². The molecule has 0 saturated carbocycles. The van der Waals surface area contributed by atoms with Crippen molar-refractivity contribution in [3.05, 3.63) is 57.9 Å². The summed E-state index contributed by atoms with van der Waals surface area (Å²) in [6, 6.07) is 11.5. The van der Waals surface area contributed by atoms with Crippen molar-refractivity contribution in [3.8, 4) is 0 Å². The van der Waals surface area contributed by atoms with Gasteiger partial charge in [-0.3, -0.25) is 4.79 Å². The lowest BCUT2D eigenvalue weighted by atomic mass is 10.2. The Hall–Kier alpha value is -2.04. The predicted molar refractivity (Wildman–Crippen MR) is 126 cm³/mol. The largest absolute Gasteiger partial charge is 0.373 e. The van der Waals surface area contributed by atoms with Gasteiger partial charge in [0.05, 0.1) is 32.3 Å². The molecular formula is C22H24ClN3O4S2. The van der Waals surface area contributed by atoms with Crippen LogP contribution in [0.15, 0.2) is 52.4 Å². The Labute approximate surface area is 196 Å². The summed E-state index contributed by atoms with van der Waals surface area (Å²) in [5, 5.41) is 0.607. The van der Waals surface area contributed by atoms with Crippen LogP contribution < -0.4 is 4.80 Å². The van der Waals surface area contributed by atoms with Crippen LogP contribution >= 0.6 is 22.9 Å². The second-order valence-electron chi connectivity index (χ2n) is 7.74. The van der Waals surface area contributed by atoms with E-state index >= 15 is 0 Å². The van der Waals surface area contributed by atoms with Crippen molar-refractivity contribution < 1.29 is 17.9 Å². The second-order valence-corrected chi connectivity index (χ2v) is 11.1. The molecule has 0 bridgehead atoms. The number of aromatic nitrogens is 1. The molecule has 2 unspecified atom stereocenters. The molecule has 10 heteroatoms. The summed E-state index contributed by atoms with van der Waals surface area (Å²) in [6.07, 6.45) is -0.346. The Kier molecular flexibility index (Phi) is 6.56. The summed E-state index contributed by atoms with van der Waals surface area (Å²) in [5.41, 5.74) is 1.17. The first-order valence-corrected chi connectivity index (χ1v) is 13.0. The summed E-state index contributed by atoms with van der Waals surface area (Å²) in [7, 11) is -3.67. The molecule has 2 heterocycles. The topological polar surface area (TPSA) is 81.0 Å². The Morgan fingerprint density at radius 2 is 1.81 bits per heavy atom. The van der Waals surface area contributed by atoms with Crippen molar-refractivity contribution in [2.75, 3.05) is 13.1 Å². The molecule has 3 aromatic rings. The number of ether oxygens (including phenoxy) is 1. The minimum atomic E-state index is -3.67. The van der Waals surface area contributed by atoms with Crippen molar-refractivity contribution in [3.63, 3.8) is 0 Å². The number of aryl methyl sites for hydroxylation is 1. The average molecular weight is 494 g/mol. The smallest absolute Gasteiger partial charge is 0.279 e. The van der Waals surface area contributed by atoms with Gasteiger partial charge in [0.25, 0.3) is 5.91 Å². The zero-order valence-corrected chi connectivity index (χ0v) is 20.4. The van der Waals surface area contributed by atoms with Crippen LogP contribution in [0.1, 0.15) is 31.1 Å². The molecule has 1 saturated heterocycles. The molecule has 0 N–H and O–H groups in total. The van der Waals surface area contributed by atoms with Gasteiger partial charge in [0, 0.05) is 25.2 Å². The highest BCUT2D eigenvalue weighted by atomic mass is 35.5. The lowest BCUT2D eigenvalue weighted by Crippen LogP contribution is -2.48. The Morgan fingerprint density at radius 3 is 2.44 bits per heavy atom. The highest BCUT2D eigenvalue weighted by Gasteiger charge is 2.32. The molecular weight excluding hydrogens is 470 g/mol. The fraction of sp³-hybridized carbons (Fsp3) is 0.364. The average Bonchev–Trinajstić information content (AvgIpc) is 3.11. The van der Waals surface area contributed by atoms with Gasteiger partial charge in [-0.1, -0.05) is 29.0 Å². The van der Waals surface area contributed by atoms with Gasteiger partial charge < -0.3 is 9.30 Å². The highest BCUT2D eigenvalue weighted by molar-refractivity contribution is 7.89. The Bertz CT molecular complexity index is 1320. The van der Waals surface area contributed by atoms with E-state index in [2.05, 4.69) is 4.99 Å². The maximum Gasteiger partial charge on any atom is 0.279 e. The van der Waals surface area contributed by atoms with E-state index in [0.717, 1.165) is 10.2 Å². The van der Waals surface area contributed by atoms with E-state index in [4.69, 9.17) is 16.3 Å². The maximum atomic E-state index is 13.0. The number of morpholine rings is 1. The lowest BCUT2D eigenvalue weighted by Gasteiger charge is -2.34. The van der Waals surface area contributed by atoms with Crippen molar-refractivity contribution >= 4 is 49.1 Å². The minimum Gasteiger partial charge on any atom is -0.373 e. The van der Waals surface area contributed by atoms with E-state index in [1.54, 1.807) is 0 Å². The quantitative estimate of drug-likeness (QED) is 0.551. The number of fused-ring (bicyclic) bond motifs is 1. The molecule has 1 amide bonds. The molecule has 1 aliphatic heterocycles. The summed E-state index contributed by atoms with van der Waals surface area (Å²) in [5.74, 6) is -0.438. The number of thiazole rings is 1. The third kappa shape index (κ3) is 4.40. The first-order chi connectivity index (χ1) is 15.2. The first-order valence-electron chi connectivity index (χ1n) is 10.3. The molecule has 7 nitrogen and oxygen atoms in total. The summed E-state index contributed by atoms with van der Waals surface area (Å²) >= 11 is 7.73. The van der Waals surface area contributed by atoms with Crippen molar-refractivity contribution in [2.24, 2.45) is 4.99 Å². The maximum absolute atomic E-state index is 13.0. The molecule has 0 spiro atoms. The highest BCUT2D eigenvalue weighted by Crippen LogP contribution is 2.25. The number of hydrogen-bond acceptors (Lipinski definition) is 5. The molecule has 0 radical (unpaired) electrons. The summed E-state index contributed by atoms with van der Waals surface area (Å²) in [6.45, 7) is 6.88. The lowest BCUT2D eigenvalue weighted by molar-refractivity contribution is -0.0440. The van der Waals surface area contributed by atoms with Crippen LogP contribution in [0.25, 0.3) is 10.2 Å². The molecule has 4 rings (SSSR count). The number of sulfonamides is 1. The van der Waals surface area contributed by atoms with Crippen LogP contribution in [0.3, 0.4) is 0 Å². The number of carbonyl (C=O) groups is 1. The number of carbonyl (C=O) groups excluding carboxylic acids is 1. The minimum absolute atomic E-state index is 0.146. The first kappa shape index (κ1) is 23.1. The zero-order chi connectivity index (χ0) is 23.0. The monoisotopic (exact) mass is 493 g/mol. The van der Waals surface area contributed by atoms with E-state index in [1.807, 2.05) is 43.5 Å². The van der Waals surface area contributed by atoms with Crippen LogP contribution in [0.5, 0.6) is 0 Å². The summed E-state index contributed by atoms with van der Waals surface area (Å²) in [4.78, 5) is 17.8. The van der Waals surface area contributed by atoms with Crippen molar-refractivity contribution in [1.29, 1.82) is 0 Å². The molecule has 2 aromatic carbocycles. The van der Waals surface area contributed by atoms with Gasteiger partial charge in [0.15, 0.2) is 4.80 Å². The molecule has 1 aromatic heterocycles. The zero-order valence-electron chi connectivity index (χ0n) is 18.0. The van der Waals surface area contributed by atoms with Crippen LogP contribution in [0.4, 0.5) is 0 Å². The molecule has 0 aliphatic carbocycles. The molecule has 32 heavy (non-hydrogen) atoms. The second kappa shape index (κ2) is 9.07. The number of hydrogen-bond donors (Lipinski definition) is 0. The predicted octanol–water partition coefficient (Wildman–Crippen LogP) is 3.92. The van der Waals surface area contributed by atoms with E-state index in [1.165, 1.54) is 39.9 Å². The number of para-hydroxylation sites is 1. The van der Waals surface area contributed by atoms with Crippen LogP contribution in [0.2, 0.25) is 5.02 Å². The summed E-state index contributed by atoms with van der Waals surface area (Å²) < 4.78 is 35.9. The fourth-order valence-corrected chi connectivity index (χ4v) is 6.90. The van der Waals surface area contributed by atoms with Gasteiger partial charge >= 0.3 is 0 Å². The van der Waals surface area contributed by atoms with Gasteiger partial charge in [-0.2, -0.15) is 9.30 Å². The van der Waals surface area contributed by atoms with E-state index in [-0.39, 0.29) is 17.1 Å². The van der Waals surface area contributed by atoms with Crippen molar-refractivity contribution in [2.45, 2.75) is 44.4 Å². The van der Waals surface area contributed by atoms with Gasteiger partial charge in [-0.25, -0.2) is 8.42 Å². The van der Waals surface area contributed by atoms with E-state index < -0.39 is 15.9 Å². The van der Waals surface area contributed by atoms with Crippen LogP contribution in [0, 0.1) is 0 Å². The third-order valence-electron chi connectivity index (χ3n) is 5.29. The normalized spacial score (nSPS) is 20.7. The van der Waals surface area contributed by atoms with Crippen LogP contribution in [-0.2, 0) is 21.3 Å². The molecule has 1 fully saturated rings. The number of benzene rings is 2. The molecule has 170 valence electrons. The van der Waals surface area contributed by atoms with Crippen LogP contribution in [-0.4, -0.2) is 48.5 Å². The number of amides is 1. The number of nitrogens with zero attached hydrogens (tertiary/aromatic N) is 3. The van der Waals surface area contributed by atoms with Crippen molar-refractivity contribution in [1.82, 2.24) is 8.87 Å². The number of halogens is 1. The SMILES string of the molecule is CCn1c(=NC(=O)c2ccc(S(=O)(=O)N3CC(C)OC(C)C3)cc2)sc2cccc(Cl)c21. The van der Waals surface area contributed by atoms with E-state index in [9.17, 15) is 13.2 Å². The van der Waals surface area contributed by atoms with Gasteiger partial charge in [-0.05, 0) is 57.2 Å². The van der Waals surface area contributed by atoms with Gasteiger partial charge in [0.1, 0.15) is 0 Å². The van der Waals surface area contributed by atoms with E-state index in [0.29, 0.717) is 35.0 Å². The van der Waals surface area contributed by atoms with Gasteiger partial charge in [-0.15, -0.1) is 0 Å². The number of rotatable bonds is 4. The fourth-order valence-electron chi connectivity index (χ4n) is 3.86. The molecule has 1 aliphatic rings. The Morgan fingerprint density at radius 1 is 1.16 bits per heavy atom. The standard InChI is InChI=1S/C22H24ClN3O4S2/c1-4-26-20-18(23)6-5-7-19(20)31-22(26)24-21(27)16-8-10-17(11-9-16)32(28,29)25-12-14(2)30-15(3)13-25/h5-11,14-15H,4,12-13H2,1-3H3. The third-order valence-corrected chi connectivity index (χ3v) is 8.48. The Balaban J connectivity index is 1.63. The molecule has 2 atom stereocenters.